The van der Waals surface area contributed by atoms with Gasteiger partial charge in [0.25, 0.3) is 0 Å². The minimum Gasteiger partial charge on any atom is -0.360 e. The van der Waals surface area contributed by atoms with Gasteiger partial charge in [-0.05, 0) is 38.0 Å². The fourth-order valence-corrected chi connectivity index (χ4v) is 3.21. The summed E-state index contributed by atoms with van der Waals surface area (Å²) in [5, 5.41) is 7.77. The van der Waals surface area contributed by atoms with Gasteiger partial charge in [0.15, 0.2) is 0 Å². The molecule has 1 aromatic heterocycles. The monoisotopic (exact) mass is 204 g/mol. The van der Waals surface area contributed by atoms with Crippen molar-refractivity contribution in [2.75, 3.05) is 0 Å². The van der Waals surface area contributed by atoms with Gasteiger partial charge in [-0.25, -0.2) is 0 Å². The second kappa shape index (κ2) is 2.85. The van der Waals surface area contributed by atoms with Gasteiger partial charge >= 0.3 is 0 Å². The highest BCUT2D eigenvalue weighted by atomic mass is 16.5. The summed E-state index contributed by atoms with van der Waals surface area (Å²) in [4.78, 5) is 0. The number of nitrogens with zero attached hydrogens (tertiary/aromatic N) is 1. The van der Waals surface area contributed by atoms with E-state index in [1.807, 2.05) is 0 Å². The highest BCUT2D eigenvalue weighted by Crippen LogP contribution is 2.54. The van der Waals surface area contributed by atoms with E-state index in [-0.39, 0.29) is 0 Å². The van der Waals surface area contributed by atoms with Crippen LogP contribution in [0, 0.1) is 0 Å². The molecule has 2 fully saturated rings. The molecule has 3 heteroatoms. The molecule has 0 aromatic carbocycles. The molecule has 4 rings (SSSR count). The number of hydrogen-bond acceptors (Lipinski definition) is 3. The number of nitrogens with one attached hydrogen (secondary N) is 1. The zero-order valence-corrected chi connectivity index (χ0v) is 8.83. The van der Waals surface area contributed by atoms with E-state index in [0.717, 1.165) is 18.5 Å². The van der Waals surface area contributed by atoms with E-state index >= 15 is 0 Å². The van der Waals surface area contributed by atoms with Crippen molar-refractivity contribution in [3.8, 4) is 0 Å². The maximum absolute atomic E-state index is 5.50. The van der Waals surface area contributed by atoms with Crippen LogP contribution in [-0.2, 0) is 6.54 Å². The molecule has 0 radical (unpaired) electrons. The predicted molar refractivity (Wildman–Crippen MR) is 55.7 cm³/mol. The smallest absolute Gasteiger partial charge is 0.143 e. The molecule has 2 bridgehead atoms. The Bertz CT molecular complexity index is 394. The summed E-state index contributed by atoms with van der Waals surface area (Å²) < 4.78 is 5.50. The molecule has 2 saturated carbocycles. The molecule has 2 unspecified atom stereocenters. The van der Waals surface area contributed by atoms with Crippen molar-refractivity contribution in [1.82, 2.24) is 10.5 Å². The lowest BCUT2D eigenvalue weighted by Gasteiger charge is -2.09. The van der Waals surface area contributed by atoms with Crippen LogP contribution in [0.25, 0.3) is 0 Å². The number of hydrogen-bond donors (Lipinski definition) is 1. The Morgan fingerprint density at radius 1 is 1.20 bits per heavy atom. The van der Waals surface area contributed by atoms with Crippen LogP contribution in [0.3, 0.4) is 0 Å². The van der Waals surface area contributed by atoms with E-state index in [4.69, 9.17) is 4.52 Å². The van der Waals surface area contributed by atoms with Crippen molar-refractivity contribution in [3.63, 3.8) is 0 Å². The molecule has 15 heavy (non-hydrogen) atoms. The fraction of sp³-hybridized carbons (Fsp3) is 0.750. The minimum atomic E-state index is 0.701. The van der Waals surface area contributed by atoms with Crippen LogP contribution in [0.5, 0.6) is 0 Å². The average Bonchev–Trinajstić information content (AvgIpc) is 2.73. The largest absolute Gasteiger partial charge is 0.360 e. The first-order valence-electron chi connectivity index (χ1n) is 6.13. The molecule has 1 N–H and O–H groups in total. The normalized spacial score (nSPS) is 32.3. The van der Waals surface area contributed by atoms with Gasteiger partial charge in [-0.1, -0.05) is 5.16 Å². The Morgan fingerprint density at radius 3 is 2.93 bits per heavy atom. The SMILES string of the molecule is C(NC1CC1)c1noc2c1C1CCC2C1. The molecular weight excluding hydrogens is 188 g/mol. The topological polar surface area (TPSA) is 38.1 Å². The predicted octanol–water partition coefficient (Wildman–Crippen LogP) is 2.29. The van der Waals surface area contributed by atoms with E-state index in [2.05, 4.69) is 10.5 Å². The van der Waals surface area contributed by atoms with Crippen molar-refractivity contribution >= 4 is 0 Å². The third-order valence-corrected chi connectivity index (χ3v) is 4.18. The second-order valence-corrected chi connectivity index (χ2v) is 5.27. The van der Waals surface area contributed by atoms with E-state index in [0.29, 0.717) is 5.92 Å². The Hall–Kier alpha value is -0.830. The van der Waals surface area contributed by atoms with Gasteiger partial charge in [-0.2, -0.15) is 0 Å². The minimum absolute atomic E-state index is 0.701. The van der Waals surface area contributed by atoms with Gasteiger partial charge in [-0.15, -0.1) is 0 Å². The van der Waals surface area contributed by atoms with Crippen LogP contribution in [0.15, 0.2) is 4.52 Å². The third-order valence-electron chi connectivity index (χ3n) is 4.18. The van der Waals surface area contributed by atoms with Crippen LogP contribution in [0.2, 0.25) is 0 Å². The van der Waals surface area contributed by atoms with Crippen molar-refractivity contribution in [2.24, 2.45) is 0 Å². The molecule has 3 nitrogen and oxygen atoms in total. The Balaban J connectivity index is 1.61. The fourth-order valence-electron chi connectivity index (χ4n) is 3.21. The van der Waals surface area contributed by atoms with Crippen molar-refractivity contribution < 1.29 is 4.52 Å². The van der Waals surface area contributed by atoms with Gasteiger partial charge in [0.1, 0.15) is 11.5 Å². The Kier molecular flexibility index (Phi) is 1.58. The summed E-state index contributed by atoms with van der Waals surface area (Å²) in [6.45, 7) is 0.923. The first kappa shape index (κ1) is 8.34. The lowest BCUT2D eigenvalue weighted by molar-refractivity contribution is 0.357. The first-order chi connectivity index (χ1) is 7.42. The van der Waals surface area contributed by atoms with E-state index < -0.39 is 0 Å². The molecule has 1 heterocycles. The molecule has 0 spiro atoms. The average molecular weight is 204 g/mol. The molecule has 3 aliphatic carbocycles. The summed E-state index contributed by atoms with van der Waals surface area (Å²) in [5.41, 5.74) is 2.67. The molecule has 0 amide bonds. The molecule has 0 saturated heterocycles. The maximum atomic E-state index is 5.50. The third kappa shape index (κ3) is 1.19. The number of rotatable bonds is 3. The maximum Gasteiger partial charge on any atom is 0.143 e. The van der Waals surface area contributed by atoms with E-state index in [1.165, 1.54) is 49.1 Å². The summed E-state index contributed by atoms with van der Waals surface area (Å²) in [6, 6.07) is 0.760. The zero-order chi connectivity index (χ0) is 9.83. The molecule has 80 valence electrons. The van der Waals surface area contributed by atoms with Gasteiger partial charge in [-0.3, -0.25) is 0 Å². The van der Waals surface area contributed by atoms with Crippen LogP contribution in [0.1, 0.15) is 61.0 Å². The van der Waals surface area contributed by atoms with Crippen LogP contribution in [-0.4, -0.2) is 11.2 Å². The van der Waals surface area contributed by atoms with E-state index in [9.17, 15) is 0 Å². The standard InChI is InChI=1S/C12H16N2O/c1-2-8-5-7(1)11-10(14-15-12(8)11)6-13-9-3-4-9/h7-9,13H,1-6H2. The lowest BCUT2D eigenvalue weighted by Crippen LogP contribution is -2.17. The molecular formula is C12H16N2O. The van der Waals surface area contributed by atoms with Crippen LogP contribution in [0.4, 0.5) is 0 Å². The number of aromatic nitrogens is 1. The molecule has 3 aliphatic rings. The number of fused-ring (bicyclic) bond motifs is 5. The highest BCUT2D eigenvalue weighted by Gasteiger charge is 2.42. The van der Waals surface area contributed by atoms with E-state index in [1.54, 1.807) is 0 Å². The van der Waals surface area contributed by atoms with Crippen molar-refractivity contribution in [2.45, 2.75) is 56.5 Å². The van der Waals surface area contributed by atoms with Crippen molar-refractivity contribution in [1.29, 1.82) is 0 Å². The van der Waals surface area contributed by atoms with Gasteiger partial charge in [0.05, 0.1) is 0 Å². The van der Waals surface area contributed by atoms with Crippen molar-refractivity contribution in [3.05, 3.63) is 17.0 Å². The van der Waals surface area contributed by atoms with Gasteiger partial charge in [0.2, 0.25) is 0 Å². The molecule has 0 aliphatic heterocycles. The lowest BCUT2D eigenvalue weighted by atomic mass is 9.96. The van der Waals surface area contributed by atoms with Crippen LogP contribution < -0.4 is 5.32 Å². The van der Waals surface area contributed by atoms with Crippen LogP contribution >= 0.6 is 0 Å². The Morgan fingerprint density at radius 2 is 2.07 bits per heavy atom. The highest BCUT2D eigenvalue weighted by molar-refractivity contribution is 5.37. The van der Waals surface area contributed by atoms with Gasteiger partial charge < -0.3 is 9.84 Å². The molecule has 2 atom stereocenters. The quantitative estimate of drug-likeness (QED) is 0.821. The summed E-state index contributed by atoms with van der Waals surface area (Å²) in [5.74, 6) is 2.69. The summed E-state index contributed by atoms with van der Waals surface area (Å²) in [6.07, 6.45) is 6.68. The second-order valence-electron chi connectivity index (χ2n) is 5.27. The summed E-state index contributed by atoms with van der Waals surface area (Å²) >= 11 is 0. The Labute approximate surface area is 89.2 Å². The summed E-state index contributed by atoms with van der Waals surface area (Å²) in [7, 11) is 0. The first-order valence-corrected chi connectivity index (χ1v) is 6.13. The zero-order valence-electron chi connectivity index (χ0n) is 8.83. The molecule has 1 aromatic rings. The van der Waals surface area contributed by atoms with Gasteiger partial charge in [0, 0.05) is 24.1 Å².